The van der Waals surface area contributed by atoms with Crippen LogP contribution in [-0.4, -0.2) is 62.3 Å². The lowest BCUT2D eigenvalue weighted by atomic mass is 9.80. The molecule has 3 rings (SSSR count). The van der Waals surface area contributed by atoms with Crippen molar-refractivity contribution in [2.45, 2.75) is 32.1 Å². The van der Waals surface area contributed by atoms with Crippen LogP contribution in [-0.2, 0) is 4.74 Å². The van der Waals surface area contributed by atoms with Gasteiger partial charge in [-0.25, -0.2) is 4.39 Å². The number of piperidine rings is 1. The molecule has 2 atom stereocenters. The number of hydrogen-bond acceptors (Lipinski definition) is 3. The maximum Gasteiger partial charge on any atom is 0.123 e. The van der Waals surface area contributed by atoms with Crippen molar-refractivity contribution in [3.05, 3.63) is 35.6 Å². The van der Waals surface area contributed by atoms with E-state index in [1.807, 2.05) is 12.1 Å². The summed E-state index contributed by atoms with van der Waals surface area (Å²) in [4.78, 5) is 5.18. The first-order chi connectivity index (χ1) is 11.8. The number of nitrogens with zero attached hydrogens (tertiary/aromatic N) is 2. The number of morpholine rings is 1. The van der Waals surface area contributed by atoms with Gasteiger partial charge in [0.2, 0.25) is 0 Å². The van der Waals surface area contributed by atoms with Crippen LogP contribution in [0.5, 0.6) is 0 Å². The molecule has 134 valence electrons. The van der Waals surface area contributed by atoms with E-state index in [2.05, 4.69) is 16.7 Å². The molecule has 2 aliphatic heterocycles. The molecule has 24 heavy (non-hydrogen) atoms. The van der Waals surface area contributed by atoms with Crippen LogP contribution >= 0.6 is 0 Å². The lowest BCUT2D eigenvalue weighted by Crippen LogP contribution is -2.47. The van der Waals surface area contributed by atoms with Crippen LogP contribution in [0.25, 0.3) is 0 Å². The molecule has 0 N–H and O–H groups in total. The summed E-state index contributed by atoms with van der Waals surface area (Å²) >= 11 is 0. The van der Waals surface area contributed by atoms with Crippen molar-refractivity contribution < 1.29 is 9.13 Å². The second-order valence-electron chi connectivity index (χ2n) is 7.27. The van der Waals surface area contributed by atoms with E-state index in [0.29, 0.717) is 11.8 Å². The molecule has 0 aliphatic carbocycles. The van der Waals surface area contributed by atoms with Gasteiger partial charge in [0.25, 0.3) is 0 Å². The Bertz CT molecular complexity index is 487. The summed E-state index contributed by atoms with van der Waals surface area (Å²) in [5.41, 5.74) is 1.31. The number of hydrogen-bond donors (Lipinski definition) is 0. The Morgan fingerprint density at radius 3 is 2.54 bits per heavy atom. The van der Waals surface area contributed by atoms with Gasteiger partial charge in [-0.1, -0.05) is 25.5 Å². The van der Waals surface area contributed by atoms with Crippen molar-refractivity contribution >= 4 is 0 Å². The molecule has 1 aromatic carbocycles. The highest BCUT2D eigenvalue weighted by molar-refractivity contribution is 5.22. The third kappa shape index (κ3) is 4.78. The summed E-state index contributed by atoms with van der Waals surface area (Å²) in [6.45, 7) is 10.7. The molecule has 1 aromatic rings. The van der Waals surface area contributed by atoms with E-state index in [1.165, 1.54) is 44.5 Å². The fourth-order valence-corrected chi connectivity index (χ4v) is 4.14. The van der Waals surface area contributed by atoms with E-state index in [0.717, 1.165) is 32.8 Å². The SMILES string of the molecule is CCCCN1CC[C@@H](c2ccc(F)cc2)[C@H](CN2CCOCC2)C1. The van der Waals surface area contributed by atoms with E-state index in [9.17, 15) is 4.39 Å². The summed E-state index contributed by atoms with van der Waals surface area (Å²) in [5, 5.41) is 0. The highest BCUT2D eigenvalue weighted by atomic mass is 19.1. The Balaban J connectivity index is 1.68. The predicted molar refractivity (Wildman–Crippen MR) is 95.9 cm³/mol. The van der Waals surface area contributed by atoms with Crippen molar-refractivity contribution in [2.24, 2.45) is 5.92 Å². The Morgan fingerprint density at radius 1 is 1.08 bits per heavy atom. The number of rotatable bonds is 6. The molecule has 2 heterocycles. The molecule has 0 radical (unpaired) electrons. The molecule has 2 saturated heterocycles. The normalized spacial score (nSPS) is 26.6. The number of likely N-dealkylation sites (tertiary alicyclic amines) is 1. The van der Waals surface area contributed by atoms with Crippen molar-refractivity contribution in [3.63, 3.8) is 0 Å². The molecular formula is C20H31FN2O. The molecule has 2 aliphatic rings. The van der Waals surface area contributed by atoms with Gasteiger partial charge in [0, 0.05) is 26.2 Å². The van der Waals surface area contributed by atoms with Crippen LogP contribution < -0.4 is 0 Å². The second kappa shape index (κ2) is 8.93. The monoisotopic (exact) mass is 334 g/mol. The summed E-state index contributed by atoms with van der Waals surface area (Å²) in [7, 11) is 0. The summed E-state index contributed by atoms with van der Waals surface area (Å²) in [5.74, 6) is 1.04. The minimum Gasteiger partial charge on any atom is -0.379 e. The van der Waals surface area contributed by atoms with Crippen LogP contribution in [0, 0.1) is 11.7 Å². The molecule has 0 bridgehead atoms. The van der Waals surface area contributed by atoms with Crippen molar-refractivity contribution in [3.8, 4) is 0 Å². The second-order valence-corrected chi connectivity index (χ2v) is 7.27. The van der Waals surface area contributed by atoms with E-state index in [1.54, 1.807) is 12.1 Å². The van der Waals surface area contributed by atoms with Gasteiger partial charge in [-0.3, -0.25) is 4.90 Å². The van der Waals surface area contributed by atoms with Crippen molar-refractivity contribution in [2.75, 3.05) is 52.5 Å². The van der Waals surface area contributed by atoms with Gasteiger partial charge in [0.05, 0.1) is 13.2 Å². The topological polar surface area (TPSA) is 15.7 Å². The zero-order chi connectivity index (χ0) is 16.8. The number of halogens is 1. The molecule has 3 nitrogen and oxygen atoms in total. The molecule has 2 fully saturated rings. The highest BCUT2D eigenvalue weighted by Crippen LogP contribution is 2.34. The van der Waals surface area contributed by atoms with E-state index in [-0.39, 0.29) is 5.82 Å². The molecule has 0 spiro atoms. The zero-order valence-corrected chi connectivity index (χ0v) is 14.9. The minimum atomic E-state index is -0.135. The zero-order valence-electron chi connectivity index (χ0n) is 14.9. The quantitative estimate of drug-likeness (QED) is 0.793. The molecule has 0 aromatic heterocycles. The van der Waals surface area contributed by atoms with Crippen molar-refractivity contribution in [1.82, 2.24) is 9.80 Å². The van der Waals surface area contributed by atoms with Crippen LogP contribution in [0.3, 0.4) is 0 Å². The van der Waals surface area contributed by atoms with Gasteiger partial charge in [-0.15, -0.1) is 0 Å². The van der Waals surface area contributed by atoms with Crippen LogP contribution in [0.15, 0.2) is 24.3 Å². The first-order valence-corrected chi connectivity index (χ1v) is 9.54. The molecular weight excluding hydrogens is 303 g/mol. The Kier molecular flexibility index (Phi) is 6.64. The fourth-order valence-electron chi connectivity index (χ4n) is 4.14. The van der Waals surface area contributed by atoms with Crippen molar-refractivity contribution in [1.29, 1.82) is 0 Å². The lowest BCUT2D eigenvalue weighted by Gasteiger charge is -2.42. The van der Waals surface area contributed by atoms with Gasteiger partial charge in [-0.2, -0.15) is 0 Å². The van der Waals surface area contributed by atoms with E-state index < -0.39 is 0 Å². The Morgan fingerprint density at radius 2 is 1.83 bits per heavy atom. The molecule has 0 saturated carbocycles. The Labute approximate surface area is 145 Å². The largest absolute Gasteiger partial charge is 0.379 e. The van der Waals surface area contributed by atoms with E-state index in [4.69, 9.17) is 4.74 Å². The molecule has 4 heteroatoms. The molecule has 0 unspecified atom stereocenters. The summed E-state index contributed by atoms with van der Waals surface area (Å²) in [6, 6.07) is 7.22. The average molecular weight is 334 g/mol. The number of unbranched alkanes of at least 4 members (excludes halogenated alkanes) is 1. The summed E-state index contributed by atoms with van der Waals surface area (Å²) in [6.07, 6.45) is 3.72. The van der Waals surface area contributed by atoms with Crippen LogP contribution in [0.4, 0.5) is 4.39 Å². The third-order valence-electron chi connectivity index (χ3n) is 5.54. The summed E-state index contributed by atoms with van der Waals surface area (Å²) < 4.78 is 18.8. The molecule has 0 amide bonds. The highest BCUT2D eigenvalue weighted by Gasteiger charge is 2.31. The van der Waals surface area contributed by atoms with Crippen LogP contribution in [0.1, 0.15) is 37.7 Å². The predicted octanol–water partition coefficient (Wildman–Crippen LogP) is 3.36. The number of benzene rings is 1. The van der Waals surface area contributed by atoms with Gasteiger partial charge in [0.1, 0.15) is 5.82 Å². The van der Waals surface area contributed by atoms with Gasteiger partial charge in [-0.05, 0) is 55.5 Å². The van der Waals surface area contributed by atoms with E-state index >= 15 is 0 Å². The maximum atomic E-state index is 13.3. The maximum absolute atomic E-state index is 13.3. The average Bonchev–Trinajstić information content (AvgIpc) is 2.62. The Hall–Kier alpha value is -0.970. The standard InChI is InChI=1S/C20H31FN2O/c1-2-3-9-22-10-8-20(17-4-6-19(21)7-5-17)18(15-22)16-23-11-13-24-14-12-23/h4-7,18,20H,2-3,8-16H2,1H3/t18-,20-/m0/s1. The smallest absolute Gasteiger partial charge is 0.123 e. The van der Waals surface area contributed by atoms with Crippen LogP contribution in [0.2, 0.25) is 0 Å². The van der Waals surface area contributed by atoms with Gasteiger partial charge < -0.3 is 9.64 Å². The fraction of sp³-hybridized carbons (Fsp3) is 0.700. The lowest BCUT2D eigenvalue weighted by molar-refractivity contribution is 0.0194. The first-order valence-electron chi connectivity index (χ1n) is 9.54. The number of ether oxygens (including phenoxy) is 1. The van der Waals surface area contributed by atoms with Gasteiger partial charge in [0.15, 0.2) is 0 Å². The minimum absolute atomic E-state index is 0.135. The van der Waals surface area contributed by atoms with Gasteiger partial charge >= 0.3 is 0 Å². The third-order valence-corrected chi connectivity index (χ3v) is 5.54. The first kappa shape index (κ1) is 17.8.